The second-order valence-corrected chi connectivity index (χ2v) is 3.35. The van der Waals surface area contributed by atoms with Crippen LogP contribution in [-0.2, 0) is 6.54 Å². The summed E-state index contributed by atoms with van der Waals surface area (Å²) >= 11 is 0. The summed E-state index contributed by atoms with van der Waals surface area (Å²) in [4.78, 5) is 14.2. The van der Waals surface area contributed by atoms with Crippen LogP contribution < -0.4 is 22.0 Å². The summed E-state index contributed by atoms with van der Waals surface area (Å²) in [5, 5.41) is 7.78. The highest BCUT2D eigenvalue weighted by molar-refractivity contribution is 5.83. The monoisotopic (exact) mass is 218 g/mol. The van der Waals surface area contributed by atoms with Crippen molar-refractivity contribution in [3.05, 3.63) is 40.3 Å². The lowest BCUT2D eigenvalue weighted by atomic mass is 10.1. The molecule has 0 amide bonds. The minimum absolute atomic E-state index is 0.122. The molecule has 1 aromatic heterocycles. The third-order valence-corrected chi connectivity index (χ3v) is 2.23. The number of fused-ring (bicyclic) bond motifs is 1. The van der Waals surface area contributed by atoms with E-state index in [1.165, 1.54) is 0 Å². The van der Waals surface area contributed by atoms with Gasteiger partial charge in [-0.15, -0.1) is 0 Å². The number of nitrogens with zero attached hydrogens (tertiary/aromatic N) is 1. The largest absolute Gasteiger partial charge is 0.339 e. The van der Waals surface area contributed by atoms with Gasteiger partial charge in [0, 0.05) is 5.39 Å². The van der Waals surface area contributed by atoms with E-state index in [4.69, 9.17) is 11.5 Å². The van der Waals surface area contributed by atoms with Gasteiger partial charge >= 0.3 is 5.96 Å². The molecule has 0 radical (unpaired) electrons. The van der Waals surface area contributed by atoms with E-state index >= 15 is 0 Å². The lowest BCUT2D eigenvalue weighted by molar-refractivity contribution is -0.477. The van der Waals surface area contributed by atoms with E-state index in [-0.39, 0.29) is 11.5 Å². The van der Waals surface area contributed by atoms with Crippen LogP contribution in [0.4, 0.5) is 0 Å². The van der Waals surface area contributed by atoms with Crippen LogP contribution in [0.25, 0.3) is 10.8 Å². The smallest absolute Gasteiger partial charge is 0.291 e. The summed E-state index contributed by atoms with van der Waals surface area (Å²) < 4.78 is 0. The first-order chi connectivity index (χ1) is 7.68. The minimum atomic E-state index is -0.205. The van der Waals surface area contributed by atoms with Crippen molar-refractivity contribution in [2.45, 2.75) is 6.54 Å². The Kier molecular flexibility index (Phi) is 2.55. The molecule has 6 heteroatoms. The zero-order chi connectivity index (χ0) is 11.5. The maximum Gasteiger partial charge on any atom is 0.339 e. The molecule has 0 saturated heterocycles. The molecule has 82 valence electrons. The summed E-state index contributed by atoms with van der Waals surface area (Å²) in [6.07, 6.45) is 0. The van der Waals surface area contributed by atoms with Crippen LogP contribution in [-0.4, -0.2) is 16.2 Å². The van der Waals surface area contributed by atoms with Crippen molar-refractivity contribution in [3.8, 4) is 0 Å². The molecule has 6 nitrogen and oxygen atoms in total. The zero-order valence-corrected chi connectivity index (χ0v) is 8.53. The number of nitrogens with one attached hydrogen (secondary N) is 2. The number of hydrogen-bond donors (Lipinski definition) is 4. The first kappa shape index (κ1) is 10.2. The van der Waals surface area contributed by atoms with Crippen molar-refractivity contribution in [2.75, 3.05) is 0 Å². The normalized spacial score (nSPS) is 10.2. The molecule has 16 heavy (non-hydrogen) atoms. The Balaban J connectivity index is 2.59. The van der Waals surface area contributed by atoms with E-state index in [9.17, 15) is 4.79 Å². The van der Waals surface area contributed by atoms with Crippen molar-refractivity contribution in [2.24, 2.45) is 11.5 Å². The topological polar surface area (TPSA) is 112 Å². The van der Waals surface area contributed by atoms with Crippen LogP contribution >= 0.6 is 0 Å². The summed E-state index contributed by atoms with van der Waals surface area (Å²) in [6, 6.07) is 7.23. The molecule has 0 unspecified atom stereocenters. The molecule has 1 aromatic carbocycles. The van der Waals surface area contributed by atoms with Crippen molar-refractivity contribution < 1.29 is 4.99 Å². The lowest BCUT2D eigenvalue weighted by Crippen LogP contribution is -2.76. The quantitative estimate of drug-likeness (QED) is 0.338. The number of hydrogen-bond acceptors (Lipinski definition) is 2. The van der Waals surface area contributed by atoms with Crippen LogP contribution in [0.15, 0.2) is 29.1 Å². The third kappa shape index (κ3) is 1.85. The van der Waals surface area contributed by atoms with Crippen molar-refractivity contribution >= 4 is 16.7 Å². The first-order valence-corrected chi connectivity index (χ1v) is 4.76. The predicted molar refractivity (Wildman–Crippen MR) is 60.4 cm³/mol. The summed E-state index contributed by atoms with van der Waals surface area (Å²) in [6.45, 7) is 0.375. The van der Waals surface area contributed by atoms with E-state index < -0.39 is 0 Å². The highest BCUT2D eigenvalue weighted by Crippen LogP contribution is 2.10. The Hall–Kier alpha value is -2.37. The molecule has 0 aliphatic heterocycles. The van der Waals surface area contributed by atoms with Gasteiger partial charge in [-0.2, -0.15) is 5.10 Å². The lowest BCUT2D eigenvalue weighted by Gasteiger charge is -2.00. The predicted octanol–water partition coefficient (Wildman–Crippen LogP) is -2.22. The standard InChI is InChI=1S/C10H11N5O/c11-10(12)13-5-8-6-3-1-2-4-7(6)9(16)15-14-8/h1-4H,5H2,(H,15,16)(H4,11,12,13)/p+1. The van der Waals surface area contributed by atoms with Gasteiger partial charge in [-0.05, 0) is 6.07 Å². The number of aromatic nitrogens is 2. The number of nitrogens with two attached hydrogens (primary N) is 2. The zero-order valence-electron chi connectivity index (χ0n) is 8.53. The van der Waals surface area contributed by atoms with Gasteiger partial charge in [0.2, 0.25) is 0 Å². The van der Waals surface area contributed by atoms with Crippen molar-refractivity contribution in [1.29, 1.82) is 0 Å². The minimum Gasteiger partial charge on any atom is -0.291 e. The molecule has 0 aliphatic rings. The fourth-order valence-corrected chi connectivity index (χ4v) is 1.49. The van der Waals surface area contributed by atoms with Gasteiger partial charge in [-0.1, -0.05) is 18.2 Å². The summed E-state index contributed by atoms with van der Waals surface area (Å²) in [5.74, 6) is 0.122. The molecule has 0 aliphatic carbocycles. The average Bonchev–Trinajstić information content (AvgIpc) is 2.28. The molecule has 0 bridgehead atoms. The van der Waals surface area contributed by atoms with Crippen molar-refractivity contribution in [3.63, 3.8) is 0 Å². The molecule has 0 atom stereocenters. The van der Waals surface area contributed by atoms with E-state index in [0.29, 0.717) is 17.6 Å². The van der Waals surface area contributed by atoms with E-state index in [2.05, 4.69) is 15.2 Å². The molecule has 6 N–H and O–H groups in total. The fraction of sp³-hybridized carbons (Fsp3) is 0.100. The van der Waals surface area contributed by atoms with Gasteiger partial charge in [0.05, 0.1) is 5.39 Å². The Bertz CT molecular complexity index is 597. The second-order valence-electron chi connectivity index (χ2n) is 3.35. The number of rotatable bonds is 2. The molecular weight excluding hydrogens is 206 g/mol. The fourth-order valence-electron chi connectivity index (χ4n) is 1.49. The van der Waals surface area contributed by atoms with Crippen LogP contribution in [0.3, 0.4) is 0 Å². The molecule has 0 fully saturated rings. The third-order valence-electron chi connectivity index (χ3n) is 2.23. The van der Waals surface area contributed by atoms with Crippen LogP contribution in [0.5, 0.6) is 0 Å². The Morgan fingerprint density at radius 1 is 1.31 bits per heavy atom. The van der Waals surface area contributed by atoms with Gasteiger partial charge < -0.3 is 0 Å². The van der Waals surface area contributed by atoms with E-state index in [1.54, 1.807) is 12.1 Å². The highest BCUT2D eigenvalue weighted by Gasteiger charge is 2.05. The van der Waals surface area contributed by atoms with Gasteiger partial charge in [-0.3, -0.25) is 21.3 Å². The average molecular weight is 218 g/mol. The summed E-state index contributed by atoms with van der Waals surface area (Å²) in [5.41, 5.74) is 11.1. The van der Waals surface area contributed by atoms with E-state index in [0.717, 1.165) is 5.39 Å². The second kappa shape index (κ2) is 4.01. The van der Waals surface area contributed by atoms with Crippen LogP contribution in [0.2, 0.25) is 0 Å². The van der Waals surface area contributed by atoms with Gasteiger partial charge in [0.25, 0.3) is 5.56 Å². The van der Waals surface area contributed by atoms with Gasteiger partial charge in [0.1, 0.15) is 12.2 Å². The molecule has 0 saturated carbocycles. The Morgan fingerprint density at radius 3 is 2.69 bits per heavy atom. The number of benzene rings is 1. The maximum absolute atomic E-state index is 11.5. The maximum atomic E-state index is 11.5. The molecule has 2 rings (SSSR count). The van der Waals surface area contributed by atoms with Crippen LogP contribution in [0, 0.1) is 0 Å². The summed E-state index contributed by atoms with van der Waals surface area (Å²) in [7, 11) is 0. The molecule has 1 heterocycles. The SMILES string of the molecule is NC(N)=[NH+]Cc1n[nH]c(=O)c2ccccc12. The highest BCUT2D eigenvalue weighted by atomic mass is 16.1. The molecule has 0 spiro atoms. The number of guanidine groups is 1. The molecular formula is C10H12N5O+. The van der Waals surface area contributed by atoms with E-state index in [1.807, 2.05) is 12.1 Å². The molecule has 2 aromatic rings. The number of aromatic amines is 1. The van der Waals surface area contributed by atoms with Crippen molar-refractivity contribution in [1.82, 2.24) is 10.2 Å². The Morgan fingerprint density at radius 2 is 2.00 bits per heavy atom. The van der Waals surface area contributed by atoms with Crippen LogP contribution in [0.1, 0.15) is 5.69 Å². The number of H-pyrrole nitrogens is 1. The Labute approximate surface area is 91.0 Å². The first-order valence-electron chi connectivity index (χ1n) is 4.76. The van der Waals surface area contributed by atoms with Gasteiger partial charge in [-0.25, -0.2) is 5.10 Å². The van der Waals surface area contributed by atoms with Gasteiger partial charge in [0.15, 0.2) is 0 Å².